The number of carbonyl (C=O) groups excluding carboxylic acids is 9. The molecule has 0 saturated carbocycles. The number of rotatable bonds is 53. The van der Waals surface area contributed by atoms with Crippen LogP contribution in [-0.2, 0) is 56.0 Å². The van der Waals surface area contributed by atoms with Crippen molar-refractivity contribution in [2.24, 2.45) is 146 Å². The fourth-order valence-electron chi connectivity index (χ4n) is 11.2. The van der Waals surface area contributed by atoms with Crippen molar-refractivity contribution in [3.05, 3.63) is 71.8 Å². The van der Waals surface area contributed by atoms with Gasteiger partial charge < -0.3 is 79.4 Å². The molecular formula is C67H110N20O9. The van der Waals surface area contributed by atoms with E-state index < -0.39 is 88.8 Å². The highest BCUT2D eigenvalue weighted by Crippen LogP contribution is 2.30. The minimum Gasteiger partial charge on any atom is -0.370 e. The van der Waals surface area contributed by atoms with Gasteiger partial charge in [0.25, 0.3) is 0 Å². The average Bonchev–Trinajstić information content (AvgIpc) is 0.912. The minimum atomic E-state index is -1.20. The summed E-state index contributed by atoms with van der Waals surface area (Å²) in [6, 6.07) is 16.8. The summed E-state index contributed by atoms with van der Waals surface area (Å²) in [5.41, 5.74) is 69.0. The van der Waals surface area contributed by atoms with Gasteiger partial charge in [-0.1, -0.05) is 81.4 Å². The van der Waals surface area contributed by atoms with Crippen LogP contribution in [0.1, 0.15) is 154 Å². The number of nitrogens with zero attached hydrogens (tertiary/aromatic N) is 6. The second kappa shape index (κ2) is 46.7. The first-order valence-electron chi connectivity index (χ1n) is 33.3. The Balaban J connectivity index is 2.71. The molecule has 2 aromatic carbocycles. The normalized spacial score (nSPS) is 13.5. The number of hydrogen-bond acceptors (Lipinski definition) is 15. The number of benzene rings is 2. The van der Waals surface area contributed by atoms with E-state index in [0.29, 0.717) is 37.8 Å². The van der Waals surface area contributed by atoms with Gasteiger partial charge in [-0.15, -0.1) is 0 Å². The van der Waals surface area contributed by atoms with Gasteiger partial charge in [0.15, 0.2) is 47.3 Å². The molecule has 532 valence electrons. The molecule has 2 amide bonds. The summed E-state index contributed by atoms with van der Waals surface area (Å²) in [5.74, 6) is -11.3. The molecule has 0 radical (unpaired) electrons. The molecule has 0 aliphatic rings. The van der Waals surface area contributed by atoms with Crippen LogP contribution in [0.25, 0.3) is 0 Å². The molecule has 0 heterocycles. The lowest BCUT2D eigenvalue weighted by atomic mass is 9.78. The monoisotopic (exact) mass is 1340 g/mol. The summed E-state index contributed by atoms with van der Waals surface area (Å²) in [4.78, 5) is 154. The standard InChI is InChI=1S/C67H110N20O9/c1-4-45(21-11-27-80-62(68)69)53(88)35-46(22-12-28-81-63(70)71)54(89)36-47(23-13-29-82-64(72)73)55(90)37-48(24-14-30-83-65(74)75)56(91)38-49(25-15-31-84-66(76)77)57(92)39-50(26-16-32-85-67(78)79)61(96)87-52(34-44-19-9-6-10-20-44)58(93)40-51(33-43-17-7-5-8-18-43)60(95)86-41-59(94)42(2)3/h5-10,17-20,42,45-52H,4,11-16,21-41H2,1-3H3,(H,86,95)(H,87,96)(H4,68,69,80)(H4,70,71,81)(H4,72,73,82)(H4,74,75,83)(H4,76,77,84)(H4,78,79,85). The van der Waals surface area contributed by atoms with Gasteiger partial charge in [-0.25, -0.2) is 0 Å². The molecule has 0 aliphatic heterocycles. The Morgan fingerprint density at radius 2 is 0.625 bits per heavy atom. The Hall–Kier alpha value is -9.31. The largest absolute Gasteiger partial charge is 0.370 e. The number of carbonyl (C=O) groups is 9. The molecule has 26 N–H and O–H groups in total. The summed E-state index contributed by atoms with van der Waals surface area (Å²) in [5, 5.41) is 5.65. The van der Waals surface area contributed by atoms with E-state index >= 15 is 9.59 Å². The zero-order chi connectivity index (χ0) is 71.5. The smallest absolute Gasteiger partial charge is 0.224 e. The molecule has 0 saturated heterocycles. The van der Waals surface area contributed by atoms with Crippen molar-refractivity contribution in [1.82, 2.24) is 10.6 Å². The van der Waals surface area contributed by atoms with E-state index in [1.165, 1.54) is 0 Å². The third-order valence-corrected chi connectivity index (χ3v) is 16.6. The van der Waals surface area contributed by atoms with Crippen LogP contribution in [0, 0.1) is 47.3 Å². The van der Waals surface area contributed by atoms with E-state index in [-0.39, 0.29) is 201 Å². The third kappa shape index (κ3) is 36.4. The molecule has 0 aliphatic carbocycles. The molecule has 0 bridgehead atoms. The number of amides is 2. The molecule has 2 aromatic rings. The molecular weight excluding hydrogens is 1230 g/mol. The lowest BCUT2D eigenvalue weighted by Crippen LogP contribution is -2.47. The quantitative estimate of drug-likeness (QED) is 0.0250. The van der Waals surface area contributed by atoms with Gasteiger partial charge in [-0.2, -0.15) is 0 Å². The fraction of sp³-hybridized carbons (Fsp3) is 0.597. The summed E-state index contributed by atoms with van der Waals surface area (Å²) < 4.78 is 0. The first kappa shape index (κ1) is 82.8. The van der Waals surface area contributed by atoms with E-state index in [1.54, 1.807) is 44.2 Å². The highest BCUT2D eigenvalue weighted by molar-refractivity contribution is 5.98. The molecule has 8 unspecified atom stereocenters. The van der Waals surface area contributed by atoms with Gasteiger partial charge >= 0.3 is 0 Å². The van der Waals surface area contributed by atoms with E-state index in [2.05, 4.69) is 40.6 Å². The zero-order valence-corrected chi connectivity index (χ0v) is 56.6. The maximum Gasteiger partial charge on any atom is 0.224 e. The fourth-order valence-corrected chi connectivity index (χ4v) is 11.2. The molecule has 8 atom stereocenters. The van der Waals surface area contributed by atoms with Crippen LogP contribution in [0.15, 0.2) is 90.6 Å². The van der Waals surface area contributed by atoms with Gasteiger partial charge in [0.2, 0.25) is 11.8 Å². The van der Waals surface area contributed by atoms with Crippen molar-refractivity contribution >= 4 is 88.1 Å². The second-order valence-electron chi connectivity index (χ2n) is 24.8. The van der Waals surface area contributed by atoms with Crippen LogP contribution >= 0.6 is 0 Å². The molecule has 0 fully saturated rings. The summed E-state index contributed by atoms with van der Waals surface area (Å²) >= 11 is 0. The number of Topliss-reactive ketones (excluding diaryl/α,β-unsaturated/α-hetero) is 7. The maximum absolute atomic E-state index is 15.1. The van der Waals surface area contributed by atoms with Gasteiger partial charge in [-0.3, -0.25) is 73.1 Å². The van der Waals surface area contributed by atoms with Crippen LogP contribution in [0.5, 0.6) is 0 Å². The highest BCUT2D eigenvalue weighted by atomic mass is 16.2. The van der Waals surface area contributed by atoms with E-state index in [4.69, 9.17) is 68.8 Å². The molecule has 96 heavy (non-hydrogen) atoms. The average molecular weight is 1340 g/mol. The molecule has 29 heteroatoms. The Morgan fingerprint density at radius 1 is 0.344 bits per heavy atom. The predicted octanol–water partition coefficient (Wildman–Crippen LogP) is 1.10. The van der Waals surface area contributed by atoms with Crippen molar-refractivity contribution in [3.8, 4) is 0 Å². The zero-order valence-electron chi connectivity index (χ0n) is 56.6. The van der Waals surface area contributed by atoms with Gasteiger partial charge in [-0.05, 0) is 107 Å². The van der Waals surface area contributed by atoms with Crippen LogP contribution in [0.3, 0.4) is 0 Å². The number of nitrogens with one attached hydrogen (secondary N) is 2. The third-order valence-electron chi connectivity index (χ3n) is 16.6. The molecule has 0 aromatic heterocycles. The molecule has 0 spiro atoms. The predicted molar refractivity (Wildman–Crippen MR) is 377 cm³/mol. The van der Waals surface area contributed by atoms with E-state index in [1.807, 2.05) is 37.3 Å². The Kier molecular flexibility index (Phi) is 40.3. The number of ketones is 7. The van der Waals surface area contributed by atoms with Crippen molar-refractivity contribution in [3.63, 3.8) is 0 Å². The van der Waals surface area contributed by atoms with Crippen molar-refractivity contribution in [1.29, 1.82) is 0 Å². The lowest BCUT2D eigenvalue weighted by Gasteiger charge is -2.26. The number of hydrogen-bond donors (Lipinski definition) is 14. The van der Waals surface area contributed by atoms with Crippen molar-refractivity contribution in [2.45, 2.75) is 162 Å². The highest BCUT2D eigenvalue weighted by Gasteiger charge is 2.36. The van der Waals surface area contributed by atoms with Crippen LogP contribution in [-0.4, -0.2) is 140 Å². The Bertz CT molecular complexity index is 2950. The molecule has 2 rings (SSSR count). The van der Waals surface area contributed by atoms with E-state index in [9.17, 15) is 33.6 Å². The summed E-state index contributed by atoms with van der Waals surface area (Å²) in [6.07, 6.45) is 1.70. The van der Waals surface area contributed by atoms with Crippen LogP contribution in [0.2, 0.25) is 0 Å². The Labute approximate surface area is 565 Å². The lowest BCUT2D eigenvalue weighted by molar-refractivity contribution is -0.136. The Morgan fingerprint density at radius 3 is 0.938 bits per heavy atom. The number of nitrogens with two attached hydrogens (primary N) is 12. The maximum atomic E-state index is 15.1. The van der Waals surface area contributed by atoms with Gasteiger partial charge in [0.1, 0.15) is 28.9 Å². The number of aliphatic imine (C=N–C) groups is 6. The van der Waals surface area contributed by atoms with Gasteiger partial charge in [0, 0.05) is 125 Å². The topological polar surface area (TPSA) is 564 Å². The SMILES string of the molecule is CCC(CCCN=C(N)N)C(=O)CC(CCCN=C(N)N)C(=O)CC(CCCN=C(N)N)C(=O)CC(CCCN=C(N)N)C(=O)CC(CCCN=C(N)N)C(=O)CC(CCCN=C(N)N)C(=O)NC(Cc1ccccc1)C(=O)CC(Cc1ccccc1)C(=O)NCC(=O)C(C)C. The van der Waals surface area contributed by atoms with Crippen LogP contribution < -0.4 is 79.4 Å². The van der Waals surface area contributed by atoms with E-state index in [0.717, 1.165) is 5.56 Å². The number of guanidine groups is 6. The van der Waals surface area contributed by atoms with Crippen LogP contribution in [0.4, 0.5) is 0 Å². The first-order valence-corrected chi connectivity index (χ1v) is 33.3. The van der Waals surface area contributed by atoms with Crippen molar-refractivity contribution < 1.29 is 43.2 Å². The second-order valence-corrected chi connectivity index (χ2v) is 24.8. The van der Waals surface area contributed by atoms with Crippen molar-refractivity contribution in [2.75, 3.05) is 45.8 Å². The minimum absolute atomic E-state index is 0.0199. The molecule has 29 nitrogen and oxygen atoms in total. The summed E-state index contributed by atoms with van der Waals surface area (Å²) in [6.45, 7) is 5.97. The summed E-state index contributed by atoms with van der Waals surface area (Å²) in [7, 11) is 0. The first-order chi connectivity index (χ1) is 45.6. The van der Waals surface area contributed by atoms with Gasteiger partial charge in [0.05, 0.1) is 12.6 Å².